The van der Waals surface area contributed by atoms with Gasteiger partial charge in [0, 0.05) is 10.8 Å². The van der Waals surface area contributed by atoms with Crippen molar-refractivity contribution in [3.8, 4) is 0 Å². The number of hydrogen-bond acceptors (Lipinski definition) is 4. The Morgan fingerprint density at radius 1 is 1.32 bits per heavy atom. The van der Waals surface area contributed by atoms with Gasteiger partial charge < -0.3 is 0 Å². The highest BCUT2D eigenvalue weighted by molar-refractivity contribution is 7.12. The highest BCUT2D eigenvalue weighted by Crippen LogP contribution is 2.25. The van der Waals surface area contributed by atoms with Gasteiger partial charge in [0.2, 0.25) is 0 Å². The molecule has 0 unspecified atom stereocenters. The maximum Gasteiger partial charge on any atom is 0.179 e. The fourth-order valence-electron chi connectivity index (χ4n) is 1.81. The average Bonchev–Trinajstić information content (AvgIpc) is 2.95. The summed E-state index contributed by atoms with van der Waals surface area (Å²) < 4.78 is 0. The third kappa shape index (κ3) is 3.31. The zero-order valence-corrected chi connectivity index (χ0v) is 13.5. The van der Waals surface area contributed by atoms with E-state index in [2.05, 4.69) is 38.1 Å². The molecule has 0 amide bonds. The Morgan fingerprint density at radius 3 is 2.63 bits per heavy atom. The zero-order valence-electron chi connectivity index (χ0n) is 11.8. The maximum atomic E-state index is 12.3. The number of thiazole rings is 1. The van der Waals surface area contributed by atoms with Crippen LogP contribution in [0, 0.1) is 0 Å². The predicted molar refractivity (Wildman–Crippen MR) is 82.5 cm³/mol. The van der Waals surface area contributed by atoms with Gasteiger partial charge in [-0.15, -0.1) is 22.7 Å². The first kappa shape index (κ1) is 14.4. The molecule has 0 aliphatic heterocycles. The van der Waals surface area contributed by atoms with E-state index in [0.29, 0.717) is 6.42 Å². The first-order valence-corrected chi connectivity index (χ1v) is 8.22. The number of Topliss-reactive ketones (excluding diaryl/α,β-unsaturated/α-hetero) is 1. The Balaban J connectivity index is 2.14. The molecule has 0 saturated heterocycles. The van der Waals surface area contributed by atoms with Crippen molar-refractivity contribution in [2.75, 3.05) is 0 Å². The lowest BCUT2D eigenvalue weighted by Crippen LogP contribution is -2.12. The lowest BCUT2D eigenvalue weighted by molar-refractivity contribution is 0.0996. The van der Waals surface area contributed by atoms with Gasteiger partial charge in [0.25, 0.3) is 0 Å². The molecule has 0 saturated carbocycles. The van der Waals surface area contributed by atoms with Gasteiger partial charge in [0.05, 0.1) is 17.0 Å². The molecule has 0 atom stereocenters. The van der Waals surface area contributed by atoms with Crippen molar-refractivity contribution in [2.24, 2.45) is 0 Å². The van der Waals surface area contributed by atoms with Crippen molar-refractivity contribution in [1.82, 2.24) is 4.98 Å². The molecule has 2 nitrogen and oxygen atoms in total. The number of carbonyl (C=O) groups excluding carboxylic acids is 1. The van der Waals surface area contributed by atoms with E-state index in [9.17, 15) is 4.79 Å². The second-order valence-electron chi connectivity index (χ2n) is 5.60. The van der Waals surface area contributed by atoms with Crippen LogP contribution in [0.5, 0.6) is 0 Å². The van der Waals surface area contributed by atoms with E-state index < -0.39 is 0 Å². The third-order valence-corrected chi connectivity index (χ3v) is 4.86. The van der Waals surface area contributed by atoms with E-state index in [1.54, 1.807) is 22.7 Å². The third-order valence-electron chi connectivity index (χ3n) is 3.01. The van der Waals surface area contributed by atoms with Crippen LogP contribution < -0.4 is 0 Å². The number of nitrogens with zero attached hydrogens (tertiary/aromatic N) is 1. The number of ketones is 1. The number of rotatable bonds is 4. The molecule has 0 aromatic carbocycles. The molecular formula is C15H19NOS2. The molecule has 0 N–H and O–H groups in total. The normalized spacial score (nSPS) is 11.8. The number of hydrogen-bond donors (Lipinski definition) is 0. The van der Waals surface area contributed by atoms with E-state index in [1.165, 1.54) is 0 Å². The Morgan fingerprint density at radius 2 is 2.05 bits per heavy atom. The topological polar surface area (TPSA) is 30.0 Å². The number of aryl methyl sites for hydroxylation is 1. The lowest BCUT2D eigenvalue weighted by Gasteiger charge is -2.14. The minimum Gasteiger partial charge on any atom is -0.293 e. The quantitative estimate of drug-likeness (QED) is 0.777. The summed E-state index contributed by atoms with van der Waals surface area (Å²) in [4.78, 5) is 17.8. The molecule has 0 aliphatic rings. The molecule has 2 aromatic heterocycles. The van der Waals surface area contributed by atoms with Gasteiger partial charge >= 0.3 is 0 Å². The summed E-state index contributed by atoms with van der Waals surface area (Å²) in [6.07, 6.45) is 1.34. The summed E-state index contributed by atoms with van der Waals surface area (Å²) in [5.41, 5.74) is 2.28. The average molecular weight is 293 g/mol. The van der Waals surface area contributed by atoms with Crippen LogP contribution in [0.15, 0.2) is 16.8 Å². The number of carbonyl (C=O) groups is 1. The predicted octanol–water partition coefficient (Wildman–Crippen LogP) is 4.49. The molecule has 2 aromatic rings. The van der Waals surface area contributed by atoms with E-state index >= 15 is 0 Å². The van der Waals surface area contributed by atoms with Crippen molar-refractivity contribution in [3.05, 3.63) is 38.0 Å². The van der Waals surface area contributed by atoms with Gasteiger partial charge in [0.1, 0.15) is 5.01 Å². The molecule has 19 heavy (non-hydrogen) atoms. The Bertz CT molecular complexity index is 575. The van der Waals surface area contributed by atoms with Crippen LogP contribution in [-0.2, 0) is 18.3 Å². The summed E-state index contributed by atoms with van der Waals surface area (Å²) in [6, 6.07) is 2.04. The maximum absolute atomic E-state index is 12.3. The second-order valence-corrected chi connectivity index (χ2v) is 7.46. The van der Waals surface area contributed by atoms with Crippen LogP contribution in [0.4, 0.5) is 0 Å². The van der Waals surface area contributed by atoms with Gasteiger partial charge in [-0.1, -0.05) is 27.7 Å². The van der Waals surface area contributed by atoms with Crippen LogP contribution in [0.3, 0.4) is 0 Å². The van der Waals surface area contributed by atoms with Gasteiger partial charge in [-0.25, -0.2) is 4.98 Å². The van der Waals surface area contributed by atoms with E-state index in [0.717, 1.165) is 27.6 Å². The van der Waals surface area contributed by atoms with Crippen LogP contribution in [0.1, 0.15) is 53.6 Å². The summed E-state index contributed by atoms with van der Waals surface area (Å²) in [6.45, 7) is 8.51. The zero-order chi connectivity index (χ0) is 14.0. The van der Waals surface area contributed by atoms with Crippen molar-refractivity contribution in [3.63, 3.8) is 0 Å². The van der Waals surface area contributed by atoms with Gasteiger partial charge in [-0.3, -0.25) is 4.79 Å². The summed E-state index contributed by atoms with van der Waals surface area (Å²) in [7, 11) is 0. The van der Waals surface area contributed by atoms with Crippen LogP contribution >= 0.6 is 22.7 Å². The first-order chi connectivity index (χ1) is 8.91. The van der Waals surface area contributed by atoms with E-state index in [-0.39, 0.29) is 11.2 Å². The molecule has 2 rings (SSSR count). The van der Waals surface area contributed by atoms with Gasteiger partial charge in [-0.05, 0) is 23.4 Å². The van der Waals surface area contributed by atoms with E-state index in [4.69, 9.17) is 0 Å². The molecule has 0 spiro atoms. The minimum absolute atomic E-state index is 0.0509. The molecule has 0 aliphatic carbocycles. The fourth-order valence-corrected chi connectivity index (χ4v) is 3.77. The molecule has 0 radical (unpaired) electrons. The monoisotopic (exact) mass is 293 g/mol. The SMILES string of the molecule is CCc1ccsc1C(=O)Cc1nc(C(C)(C)C)cs1. The summed E-state index contributed by atoms with van der Waals surface area (Å²) >= 11 is 3.13. The number of aromatic nitrogens is 1. The minimum atomic E-state index is 0.0509. The highest BCUT2D eigenvalue weighted by Gasteiger charge is 2.19. The van der Waals surface area contributed by atoms with Crippen molar-refractivity contribution in [1.29, 1.82) is 0 Å². The van der Waals surface area contributed by atoms with Crippen molar-refractivity contribution < 1.29 is 4.79 Å². The summed E-state index contributed by atoms with van der Waals surface area (Å²) in [5.74, 6) is 0.196. The Labute approximate surface area is 122 Å². The second kappa shape index (κ2) is 5.55. The van der Waals surface area contributed by atoms with Crippen LogP contribution in [-0.4, -0.2) is 10.8 Å². The molecular weight excluding hydrogens is 274 g/mol. The highest BCUT2D eigenvalue weighted by atomic mass is 32.1. The Hall–Kier alpha value is -1.00. The first-order valence-electron chi connectivity index (χ1n) is 6.46. The number of thiophene rings is 1. The van der Waals surface area contributed by atoms with Crippen molar-refractivity contribution in [2.45, 2.75) is 46.0 Å². The largest absolute Gasteiger partial charge is 0.293 e. The van der Waals surface area contributed by atoms with Gasteiger partial charge in [0.15, 0.2) is 5.78 Å². The lowest BCUT2D eigenvalue weighted by atomic mass is 9.93. The fraction of sp³-hybridized carbons (Fsp3) is 0.467. The van der Waals surface area contributed by atoms with Gasteiger partial charge in [-0.2, -0.15) is 0 Å². The molecule has 0 fully saturated rings. The molecule has 2 heterocycles. The smallest absolute Gasteiger partial charge is 0.179 e. The Kier molecular flexibility index (Phi) is 4.21. The standard InChI is InChI=1S/C15H19NOS2/c1-5-10-6-7-18-14(10)11(17)8-13-16-12(9-19-13)15(2,3)4/h6-7,9H,5,8H2,1-4H3. The molecule has 4 heteroatoms. The van der Waals surface area contributed by atoms with Crippen LogP contribution in [0.25, 0.3) is 0 Å². The van der Waals surface area contributed by atoms with Crippen molar-refractivity contribution >= 4 is 28.5 Å². The molecule has 0 bridgehead atoms. The van der Waals surface area contributed by atoms with E-state index in [1.807, 2.05) is 11.4 Å². The molecule has 102 valence electrons. The summed E-state index contributed by atoms with van der Waals surface area (Å²) in [5, 5.41) is 4.98. The van der Waals surface area contributed by atoms with Crippen LogP contribution in [0.2, 0.25) is 0 Å².